The van der Waals surface area contributed by atoms with Gasteiger partial charge in [0.2, 0.25) is 22.7 Å². The van der Waals surface area contributed by atoms with Gasteiger partial charge >= 0.3 is 0 Å². The van der Waals surface area contributed by atoms with Gasteiger partial charge in [0.15, 0.2) is 11.5 Å². The molecule has 3 aromatic rings. The molecule has 166 valence electrons. The Morgan fingerprint density at radius 3 is 2.44 bits per heavy atom. The Bertz CT molecular complexity index is 1200. The zero-order valence-electron chi connectivity index (χ0n) is 17.3. The Morgan fingerprint density at radius 1 is 1.00 bits per heavy atom. The van der Waals surface area contributed by atoms with Crippen molar-refractivity contribution in [1.82, 2.24) is 4.72 Å². The van der Waals surface area contributed by atoms with Crippen LogP contribution in [0.3, 0.4) is 0 Å². The molecule has 0 radical (unpaired) electrons. The topological polar surface area (TPSA) is 103 Å². The summed E-state index contributed by atoms with van der Waals surface area (Å²) in [5.41, 5.74) is 1.29. The average molecular weight is 455 g/mol. The van der Waals surface area contributed by atoms with Crippen molar-refractivity contribution in [2.24, 2.45) is 0 Å². The third-order valence-electron chi connectivity index (χ3n) is 4.91. The van der Waals surface area contributed by atoms with E-state index in [0.29, 0.717) is 22.9 Å². The number of carbonyl (C=O) groups excluding carboxylic acids is 1. The van der Waals surface area contributed by atoms with Crippen molar-refractivity contribution in [3.05, 3.63) is 78.4 Å². The van der Waals surface area contributed by atoms with Gasteiger partial charge in [0.05, 0.1) is 12.0 Å². The molecular weight excluding hydrogens is 432 g/mol. The van der Waals surface area contributed by atoms with Crippen molar-refractivity contribution in [3.8, 4) is 17.2 Å². The highest BCUT2D eigenvalue weighted by molar-refractivity contribution is 7.89. The van der Waals surface area contributed by atoms with E-state index in [1.54, 1.807) is 30.3 Å². The van der Waals surface area contributed by atoms with Gasteiger partial charge < -0.3 is 19.5 Å². The van der Waals surface area contributed by atoms with Crippen LogP contribution in [-0.2, 0) is 21.2 Å². The lowest BCUT2D eigenvalue weighted by Gasteiger charge is -2.19. The van der Waals surface area contributed by atoms with Crippen LogP contribution in [0.25, 0.3) is 0 Å². The first-order chi connectivity index (χ1) is 15.4. The first-order valence-electron chi connectivity index (χ1n) is 9.85. The molecule has 0 aromatic heterocycles. The fraction of sp³-hybridized carbons (Fsp3) is 0.174. The predicted octanol–water partition coefficient (Wildman–Crippen LogP) is 2.95. The number of benzene rings is 3. The molecule has 0 saturated heterocycles. The Kier molecular flexibility index (Phi) is 6.29. The second-order valence-electron chi connectivity index (χ2n) is 7.10. The molecule has 32 heavy (non-hydrogen) atoms. The van der Waals surface area contributed by atoms with E-state index in [-0.39, 0.29) is 18.1 Å². The van der Waals surface area contributed by atoms with Gasteiger partial charge in [-0.15, -0.1) is 0 Å². The summed E-state index contributed by atoms with van der Waals surface area (Å²) >= 11 is 0. The van der Waals surface area contributed by atoms with Crippen molar-refractivity contribution in [2.45, 2.75) is 17.4 Å². The highest BCUT2D eigenvalue weighted by atomic mass is 32.2. The van der Waals surface area contributed by atoms with Gasteiger partial charge in [0.25, 0.3) is 0 Å². The van der Waals surface area contributed by atoms with Gasteiger partial charge in [-0.3, -0.25) is 4.79 Å². The average Bonchev–Trinajstić information content (AvgIpc) is 3.27. The van der Waals surface area contributed by atoms with E-state index >= 15 is 0 Å². The standard InChI is InChI=1S/C23H22N2O6S/c1-29-18-8-10-19(11-9-18)32(27,28)25-20(13-16-5-3-2-4-6-16)23(26)24-17-7-12-21-22(14-17)31-15-30-21/h2-12,14,20,25H,13,15H2,1H3,(H,24,26). The number of methoxy groups -OCH3 is 1. The Labute approximate surface area is 186 Å². The second-order valence-corrected chi connectivity index (χ2v) is 8.81. The summed E-state index contributed by atoms with van der Waals surface area (Å²) in [6, 6.07) is 19.1. The Balaban J connectivity index is 1.56. The minimum absolute atomic E-state index is 0.0345. The van der Waals surface area contributed by atoms with Crippen LogP contribution in [0.4, 0.5) is 5.69 Å². The second kappa shape index (κ2) is 9.29. The van der Waals surface area contributed by atoms with Crippen LogP contribution in [0.15, 0.2) is 77.7 Å². The Morgan fingerprint density at radius 2 is 1.72 bits per heavy atom. The largest absolute Gasteiger partial charge is 0.497 e. The van der Waals surface area contributed by atoms with Crippen LogP contribution in [-0.4, -0.2) is 34.3 Å². The molecule has 9 heteroatoms. The molecule has 0 bridgehead atoms. The van der Waals surface area contributed by atoms with E-state index < -0.39 is 22.0 Å². The number of rotatable bonds is 8. The number of amides is 1. The SMILES string of the molecule is COc1ccc(S(=O)(=O)NC(Cc2ccccc2)C(=O)Nc2ccc3c(c2)OCO3)cc1. The summed E-state index contributed by atoms with van der Waals surface area (Å²) in [4.78, 5) is 13.1. The van der Waals surface area contributed by atoms with Crippen molar-refractivity contribution in [3.63, 3.8) is 0 Å². The molecule has 1 aliphatic heterocycles. The molecule has 1 heterocycles. The lowest BCUT2D eigenvalue weighted by atomic mass is 10.1. The molecule has 8 nitrogen and oxygen atoms in total. The van der Waals surface area contributed by atoms with Gasteiger partial charge in [-0.1, -0.05) is 30.3 Å². The van der Waals surface area contributed by atoms with Gasteiger partial charge in [-0.25, -0.2) is 8.42 Å². The molecule has 1 atom stereocenters. The van der Waals surface area contributed by atoms with E-state index in [9.17, 15) is 13.2 Å². The first-order valence-corrected chi connectivity index (χ1v) is 11.3. The molecule has 2 N–H and O–H groups in total. The van der Waals surface area contributed by atoms with Gasteiger partial charge in [0, 0.05) is 11.8 Å². The Hall–Kier alpha value is -3.56. The fourth-order valence-electron chi connectivity index (χ4n) is 3.25. The quantitative estimate of drug-likeness (QED) is 0.543. The fourth-order valence-corrected chi connectivity index (χ4v) is 4.45. The van der Waals surface area contributed by atoms with Crippen molar-refractivity contribution in [1.29, 1.82) is 0 Å². The highest BCUT2D eigenvalue weighted by Gasteiger charge is 2.27. The smallest absolute Gasteiger partial charge is 0.242 e. The van der Waals surface area contributed by atoms with Crippen LogP contribution in [0.2, 0.25) is 0 Å². The van der Waals surface area contributed by atoms with Crippen molar-refractivity contribution < 1.29 is 27.4 Å². The third-order valence-corrected chi connectivity index (χ3v) is 6.39. The minimum Gasteiger partial charge on any atom is -0.497 e. The normalized spacial score (nSPS) is 13.4. The molecule has 1 amide bonds. The van der Waals surface area contributed by atoms with E-state index in [1.165, 1.54) is 19.2 Å². The lowest BCUT2D eigenvalue weighted by molar-refractivity contribution is -0.117. The van der Waals surface area contributed by atoms with E-state index in [4.69, 9.17) is 14.2 Å². The van der Waals surface area contributed by atoms with Crippen LogP contribution in [0.1, 0.15) is 5.56 Å². The molecule has 0 aliphatic carbocycles. The molecular formula is C23H22N2O6S. The number of fused-ring (bicyclic) bond motifs is 1. The number of carbonyl (C=O) groups is 1. The molecule has 0 spiro atoms. The number of anilines is 1. The lowest BCUT2D eigenvalue weighted by Crippen LogP contribution is -2.45. The number of sulfonamides is 1. The van der Waals surface area contributed by atoms with Crippen LogP contribution >= 0.6 is 0 Å². The number of hydrogen-bond donors (Lipinski definition) is 2. The molecule has 1 aliphatic rings. The van der Waals surface area contributed by atoms with Gasteiger partial charge in [-0.2, -0.15) is 4.72 Å². The van der Waals surface area contributed by atoms with E-state index in [0.717, 1.165) is 5.56 Å². The van der Waals surface area contributed by atoms with Gasteiger partial charge in [-0.05, 0) is 48.4 Å². The van der Waals surface area contributed by atoms with Crippen molar-refractivity contribution >= 4 is 21.6 Å². The van der Waals surface area contributed by atoms with Crippen molar-refractivity contribution in [2.75, 3.05) is 19.2 Å². The number of ether oxygens (including phenoxy) is 3. The monoisotopic (exact) mass is 454 g/mol. The molecule has 0 saturated carbocycles. The summed E-state index contributed by atoms with van der Waals surface area (Å²) in [7, 11) is -2.46. The van der Waals surface area contributed by atoms with E-state index in [1.807, 2.05) is 30.3 Å². The van der Waals surface area contributed by atoms with Crippen LogP contribution < -0.4 is 24.2 Å². The molecule has 4 rings (SSSR count). The zero-order chi connectivity index (χ0) is 22.6. The summed E-state index contributed by atoms with van der Waals surface area (Å²) in [6.45, 7) is 0.116. The number of hydrogen-bond acceptors (Lipinski definition) is 6. The first kappa shape index (κ1) is 21.7. The molecule has 0 fully saturated rings. The summed E-state index contributed by atoms with van der Waals surface area (Å²) in [6.07, 6.45) is 0.173. The molecule has 1 unspecified atom stereocenters. The highest BCUT2D eigenvalue weighted by Crippen LogP contribution is 2.34. The maximum atomic E-state index is 13.1. The van der Waals surface area contributed by atoms with Crippen LogP contribution in [0, 0.1) is 0 Å². The van der Waals surface area contributed by atoms with E-state index in [2.05, 4.69) is 10.0 Å². The zero-order valence-corrected chi connectivity index (χ0v) is 18.1. The number of nitrogens with one attached hydrogen (secondary N) is 2. The molecule has 3 aromatic carbocycles. The maximum Gasteiger partial charge on any atom is 0.242 e. The summed E-state index contributed by atoms with van der Waals surface area (Å²) in [5.74, 6) is 1.14. The van der Waals surface area contributed by atoms with Gasteiger partial charge in [0.1, 0.15) is 11.8 Å². The third kappa shape index (κ3) is 5.01. The minimum atomic E-state index is -3.96. The summed E-state index contributed by atoms with van der Waals surface area (Å²) < 4.78 is 44.2. The predicted molar refractivity (Wildman–Crippen MR) is 118 cm³/mol. The maximum absolute atomic E-state index is 13.1. The van der Waals surface area contributed by atoms with Crippen LogP contribution in [0.5, 0.6) is 17.2 Å². The summed E-state index contributed by atoms with van der Waals surface area (Å²) in [5, 5.41) is 2.76.